The molecule has 1 aromatic heterocycles. The second kappa shape index (κ2) is 8.52. The van der Waals surface area contributed by atoms with Gasteiger partial charge < -0.3 is 10.6 Å². The van der Waals surface area contributed by atoms with Crippen molar-refractivity contribution in [2.45, 2.75) is 38.1 Å². The molecule has 1 atom stereocenters. The molecule has 1 fully saturated rings. The first-order chi connectivity index (χ1) is 14.9. The Kier molecular flexibility index (Phi) is 5.79. The van der Waals surface area contributed by atoms with Crippen LogP contribution in [0.2, 0.25) is 0 Å². The van der Waals surface area contributed by atoms with E-state index < -0.39 is 5.54 Å². The Balaban J connectivity index is 1.47. The van der Waals surface area contributed by atoms with Crippen molar-refractivity contribution in [3.63, 3.8) is 0 Å². The number of thiophene rings is 1. The van der Waals surface area contributed by atoms with E-state index in [1.54, 1.807) is 17.4 Å². The molecule has 2 amide bonds. The fraction of sp³-hybridized carbons (Fsp3) is 0.391. The lowest BCUT2D eigenvalue weighted by molar-refractivity contribution is -0.129. The third kappa shape index (κ3) is 4.32. The molecule has 2 aliphatic heterocycles. The molecule has 0 unspecified atom stereocenters. The van der Waals surface area contributed by atoms with E-state index in [4.69, 9.17) is 16.0 Å². The number of carbonyl (C=O) groups is 2. The molecule has 2 aliphatic rings. The normalized spacial score (nSPS) is 21.4. The molecular formula is C23H25N5O2S. The van der Waals surface area contributed by atoms with Gasteiger partial charge >= 0.3 is 0 Å². The molecule has 8 heteroatoms. The van der Waals surface area contributed by atoms with Gasteiger partial charge in [-0.15, -0.1) is 11.3 Å². The van der Waals surface area contributed by atoms with Gasteiger partial charge in [-0.25, -0.2) is 4.99 Å². The number of carbonyl (C=O) groups excluding carboxylic acids is 2. The van der Waals surface area contributed by atoms with E-state index in [9.17, 15) is 9.59 Å². The first-order valence-electron chi connectivity index (χ1n) is 10.4. The molecular weight excluding hydrogens is 410 g/mol. The highest BCUT2D eigenvalue weighted by Gasteiger charge is 2.38. The van der Waals surface area contributed by atoms with E-state index in [2.05, 4.69) is 6.07 Å². The number of amides is 2. The Labute approximate surface area is 185 Å². The quantitative estimate of drug-likeness (QED) is 0.753. The summed E-state index contributed by atoms with van der Waals surface area (Å²) in [4.78, 5) is 33.7. The van der Waals surface area contributed by atoms with Crippen LogP contribution in [-0.4, -0.2) is 47.2 Å². The fourth-order valence-electron chi connectivity index (χ4n) is 4.15. The fourth-order valence-corrected chi connectivity index (χ4v) is 5.18. The zero-order valence-electron chi connectivity index (χ0n) is 17.5. The van der Waals surface area contributed by atoms with Crippen molar-refractivity contribution in [3.05, 3.63) is 46.2 Å². The van der Waals surface area contributed by atoms with Crippen molar-refractivity contribution in [3.8, 4) is 17.2 Å². The number of likely N-dealkylation sites (tertiary alicyclic amines) is 1. The van der Waals surface area contributed by atoms with Crippen LogP contribution in [0.1, 0.15) is 43.0 Å². The van der Waals surface area contributed by atoms with Crippen molar-refractivity contribution in [2.75, 3.05) is 19.6 Å². The van der Waals surface area contributed by atoms with Crippen LogP contribution in [0.25, 0.3) is 11.1 Å². The van der Waals surface area contributed by atoms with Crippen molar-refractivity contribution >= 4 is 29.1 Å². The van der Waals surface area contributed by atoms with Crippen LogP contribution in [0.15, 0.2) is 40.7 Å². The lowest BCUT2D eigenvalue weighted by Crippen LogP contribution is -2.50. The molecule has 0 aliphatic carbocycles. The predicted octanol–water partition coefficient (Wildman–Crippen LogP) is 3.06. The molecule has 2 N–H and O–H groups in total. The summed E-state index contributed by atoms with van der Waals surface area (Å²) in [7, 11) is 0. The molecule has 2 aromatic rings. The Morgan fingerprint density at radius 1 is 1.23 bits per heavy atom. The molecule has 160 valence electrons. The zero-order chi connectivity index (χ0) is 22.0. The minimum absolute atomic E-state index is 0.0517. The molecule has 4 rings (SSSR count). The van der Waals surface area contributed by atoms with Gasteiger partial charge in [0.05, 0.1) is 18.1 Å². The van der Waals surface area contributed by atoms with Crippen LogP contribution in [0, 0.1) is 11.3 Å². The van der Waals surface area contributed by atoms with Crippen molar-refractivity contribution in [1.29, 1.82) is 5.26 Å². The summed E-state index contributed by atoms with van der Waals surface area (Å²) in [6.07, 6.45) is 2.46. The third-order valence-electron chi connectivity index (χ3n) is 5.87. The Morgan fingerprint density at radius 2 is 2.06 bits per heavy atom. The number of nitrogens with two attached hydrogens (primary N) is 1. The van der Waals surface area contributed by atoms with Gasteiger partial charge in [0.1, 0.15) is 5.54 Å². The first-order valence-corrected chi connectivity index (χ1v) is 11.3. The lowest BCUT2D eigenvalue weighted by Gasteiger charge is -2.34. The number of hydrogen-bond acceptors (Lipinski definition) is 6. The molecule has 31 heavy (non-hydrogen) atoms. The number of benzene rings is 1. The van der Waals surface area contributed by atoms with E-state index >= 15 is 0 Å². The average Bonchev–Trinajstić information content (AvgIpc) is 3.40. The van der Waals surface area contributed by atoms with Gasteiger partial charge in [0.2, 0.25) is 11.8 Å². The minimum atomic E-state index is -0.710. The molecule has 0 radical (unpaired) electrons. The number of aliphatic imine (C=N–C) groups is 1. The maximum Gasteiger partial charge on any atom is 0.232 e. The number of hydrogen-bond donors (Lipinski definition) is 1. The van der Waals surface area contributed by atoms with Crippen LogP contribution in [0.5, 0.6) is 0 Å². The first kappa shape index (κ1) is 21.1. The molecule has 1 saturated heterocycles. The molecule has 1 aromatic carbocycles. The topological polar surface area (TPSA) is 103 Å². The average molecular weight is 436 g/mol. The summed E-state index contributed by atoms with van der Waals surface area (Å²) in [5.74, 6) is 0.366. The van der Waals surface area contributed by atoms with E-state index in [1.807, 2.05) is 41.5 Å². The summed E-state index contributed by atoms with van der Waals surface area (Å²) in [5, 5.41) is 11.2. The van der Waals surface area contributed by atoms with Gasteiger partial charge in [-0.1, -0.05) is 12.1 Å². The second-order valence-electron chi connectivity index (χ2n) is 8.20. The maximum absolute atomic E-state index is 12.9. The summed E-state index contributed by atoms with van der Waals surface area (Å²) in [6.45, 7) is 3.83. The monoisotopic (exact) mass is 435 g/mol. The van der Waals surface area contributed by atoms with E-state index in [0.29, 0.717) is 31.5 Å². The van der Waals surface area contributed by atoms with Crippen LogP contribution >= 0.6 is 11.3 Å². The van der Waals surface area contributed by atoms with Gasteiger partial charge in [0, 0.05) is 30.9 Å². The molecule has 0 bridgehead atoms. The minimum Gasteiger partial charge on any atom is -0.369 e. The van der Waals surface area contributed by atoms with Crippen molar-refractivity contribution < 1.29 is 9.59 Å². The van der Waals surface area contributed by atoms with Crippen LogP contribution in [0.3, 0.4) is 0 Å². The summed E-state index contributed by atoms with van der Waals surface area (Å²) in [5.41, 5.74) is 8.06. The van der Waals surface area contributed by atoms with Crippen molar-refractivity contribution in [1.82, 2.24) is 9.80 Å². The highest BCUT2D eigenvalue weighted by atomic mass is 32.1. The number of nitriles is 1. The zero-order valence-corrected chi connectivity index (χ0v) is 18.3. The molecule has 3 heterocycles. The molecule has 7 nitrogen and oxygen atoms in total. The molecule has 0 saturated carbocycles. The Hall–Kier alpha value is -3.18. The van der Waals surface area contributed by atoms with Crippen LogP contribution < -0.4 is 5.73 Å². The van der Waals surface area contributed by atoms with E-state index in [-0.39, 0.29) is 24.2 Å². The lowest BCUT2D eigenvalue weighted by atomic mass is 9.93. The number of nitrogens with zero attached hydrogens (tertiary/aromatic N) is 4. The van der Waals surface area contributed by atoms with Gasteiger partial charge in [0.25, 0.3) is 0 Å². The highest BCUT2D eigenvalue weighted by molar-refractivity contribution is 7.10. The molecule has 0 spiro atoms. The Morgan fingerprint density at radius 3 is 2.77 bits per heavy atom. The van der Waals surface area contributed by atoms with Crippen LogP contribution in [-0.2, 0) is 15.1 Å². The van der Waals surface area contributed by atoms with Crippen molar-refractivity contribution in [2.24, 2.45) is 10.7 Å². The summed E-state index contributed by atoms with van der Waals surface area (Å²) in [6, 6.07) is 11.6. The number of guanidine groups is 1. The highest BCUT2D eigenvalue weighted by Crippen LogP contribution is 2.39. The standard InChI is InChI=1S/C23H25N5O2S/c1-23(19-12-18(15-31-19)17-6-2-5-16(11-17)14-24)13-21(30)28(22(25)26-23)10-4-9-27-8-3-7-20(27)29/h2,5-6,11-12,15H,3-4,7-10,13H2,1H3,(H2,25,26)/t23-/m0/s1. The Bertz CT molecular complexity index is 1090. The maximum atomic E-state index is 12.9. The van der Waals surface area contributed by atoms with E-state index in [1.165, 1.54) is 4.90 Å². The van der Waals surface area contributed by atoms with Gasteiger partial charge in [-0.3, -0.25) is 14.5 Å². The van der Waals surface area contributed by atoms with Gasteiger partial charge in [-0.05, 0) is 54.5 Å². The summed E-state index contributed by atoms with van der Waals surface area (Å²) >= 11 is 1.54. The van der Waals surface area contributed by atoms with Crippen LogP contribution in [0.4, 0.5) is 0 Å². The third-order valence-corrected chi connectivity index (χ3v) is 7.05. The van der Waals surface area contributed by atoms with Gasteiger partial charge in [0.15, 0.2) is 5.96 Å². The summed E-state index contributed by atoms with van der Waals surface area (Å²) < 4.78 is 0. The number of rotatable bonds is 6. The SMILES string of the molecule is C[C@@]1(c2cc(-c3cccc(C#N)c3)cs2)CC(=O)N(CCCN2CCCC2=O)C(N)=N1. The van der Waals surface area contributed by atoms with E-state index in [0.717, 1.165) is 29.0 Å². The second-order valence-corrected chi connectivity index (χ2v) is 9.11. The largest absolute Gasteiger partial charge is 0.369 e. The smallest absolute Gasteiger partial charge is 0.232 e. The van der Waals surface area contributed by atoms with Gasteiger partial charge in [-0.2, -0.15) is 5.26 Å². The predicted molar refractivity (Wildman–Crippen MR) is 120 cm³/mol.